The van der Waals surface area contributed by atoms with Gasteiger partial charge in [0.1, 0.15) is 24.2 Å². The molecule has 0 bridgehead atoms. The van der Waals surface area contributed by atoms with E-state index in [9.17, 15) is 19.5 Å². The molecule has 4 heterocycles. The Labute approximate surface area is 208 Å². The number of amides is 2. The highest BCUT2D eigenvalue weighted by Gasteiger charge is 2.53. The predicted molar refractivity (Wildman–Crippen MR) is 125 cm³/mol. The Morgan fingerprint density at radius 2 is 2.23 bits per heavy atom. The lowest BCUT2D eigenvalue weighted by Crippen LogP contribution is -2.71. The average Bonchev–Trinajstić information content (AvgIpc) is 3.54. The van der Waals surface area contributed by atoms with Crippen LogP contribution in [0.25, 0.3) is 0 Å². The average molecular weight is 518 g/mol. The molecule has 1 unspecified atom stereocenters. The van der Waals surface area contributed by atoms with E-state index in [2.05, 4.69) is 15.5 Å². The molecule has 12 nitrogen and oxygen atoms in total. The number of nitrogen functional groups attached to an aromatic ring is 1. The van der Waals surface area contributed by atoms with E-state index in [-0.39, 0.29) is 22.2 Å². The zero-order chi connectivity index (χ0) is 24.9. The molecule has 35 heavy (non-hydrogen) atoms. The topological polar surface area (TPSA) is 159 Å². The van der Waals surface area contributed by atoms with Gasteiger partial charge in [-0.15, -0.1) is 27.8 Å². The Balaban J connectivity index is 1.35. The van der Waals surface area contributed by atoms with Crippen molar-refractivity contribution in [3.63, 3.8) is 0 Å². The molecule has 1 fully saturated rings. The van der Waals surface area contributed by atoms with E-state index in [4.69, 9.17) is 10.6 Å². The number of oxime groups is 1. The number of thioether (sulfide) groups is 1. The van der Waals surface area contributed by atoms with Gasteiger partial charge in [-0.2, -0.15) is 4.68 Å². The van der Waals surface area contributed by atoms with Gasteiger partial charge in [0, 0.05) is 22.3 Å². The monoisotopic (exact) mass is 517 g/mol. The first kappa shape index (κ1) is 23.4. The molecule has 1 saturated heterocycles. The van der Waals surface area contributed by atoms with Crippen LogP contribution in [0.1, 0.15) is 23.4 Å². The van der Waals surface area contributed by atoms with Gasteiger partial charge in [0.05, 0.1) is 24.4 Å². The number of carbonyl (C=O) groups excluding carboxylic acids is 3. The van der Waals surface area contributed by atoms with E-state index in [1.807, 2.05) is 22.6 Å². The van der Waals surface area contributed by atoms with E-state index in [1.165, 1.54) is 35.0 Å². The number of aliphatic carboxylic acids is 1. The third-order valence-corrected chi connectivity index (χ3v) is 8.37. The van der Waals surface area contributed by atoms with E-state index >= 15 is 0 Å². The number of nitrogens with zero attached hydrogens (tertiary/aromatic N) is 5. The Morgan fingerprint density at radius 1 is 1.43 bits per heavy atom. The summed E-state index contributed by atoms with van der Waals surface area (Å²) in [5, 5.41) is 19.7. The first-order chi connectivity index (χ1) is 16.8. The summed E-state index contributed by atoms with van der Waals surface area (Å²) in [6, 6.07) is -0.923. The minimum Gasteiger partial charge on any atom is -0.543 e. The lowest BCUT2D eigenvalue weighted by Gasteiger charge is -2.50. The Kier molecular flexibility index (Phi) is 6.01. The third-order valence-electron chi connectivity index (χ3n) is 6.35. The fourth-order valence-corrected chi connectivity index (χ4v) is 6.61. The van der Waals surface area contributed by atoms with Gasteiger partial charge in [-0.25, -0.2) is 4.98 Å². The summed E-state index contributed by atoms with van der Waals surface area (Å²) < 4.78 is 4.02. The molecule has 14 heteroatoms. The van der Waals surface area contributed by atoms with Crippen LogP contribution < -0.4 is 20.8 Å². The van der Waals surface area contributed by atoms with Gasteiger partial charge >= 0.3 is 0 Å². The lowest BCUT2D eigenvalue weighted by molar-refractivity contribution is -0.767. The number of hydrogen-bond acceptors (Lipinski definition) is 10. The van der Waals surface area contributed by atoms with Gasteiger partial charge in [-0.1, -0.05) is 5.16 Å². The van der Waals surface area contributed by atoms with Crippen molar-refractivity contribution in [2.45, 2.75) is 37.2 Å². The van der Waals surface area contributed by atoms with Crippen molar-refractivity contribution in [3.8, 4) is 0 Å². The second-order valence-electron chi connectivity index (χ2n) is 8.37. The van der Waals surface area contributed by atoms with Crippen molar-refractivity contribution in [2.75, 3.05) is 18.6 Å². The van der Waals surface area contributed by atoms with E-state index in [0.717, 1.165) is 30.6 Å². The van der Waals surface area contributed by atoms with Gasteiger partial charge in [0.2, 0.25) is 0 Å². The number of aromatic nitrogens is 3. The summed E-state index contributed by atoms with van der Waals surface area (Å²) in [6.45, 7) is 0.337. The minimum absolute atomic E-state index is 0.128. The largest absolute Gasteiger partial charge is 0.543 e. The first-order valence-corrected chi connectivity index (χ1v) is 12.8. The first-order valence-electron chi connectivity index (χ1n) is 10.9. The van der Waals surface area contributed by atoms with Crippen molar-refractivity contribution in [1.82, 2.24) is 19.9 Å². The minimum atomic E-state index is -1.41. The maximum absolute atomic E-state index is 13.0. The van der Waals surface area contributed by atoms with Crippen molar-refractivity contribution >= 4 is 51.7 Å². The SMILES string of the molecule is CON=C(C(=O)NC1C(=O)N2C(C(=O)[O-])=C(C[n+]3cc4c(n3C)CCC4)CS[C@H]12)c1csc(N)n1. The highest BCUT2D eigenvalue weighted by atomic mass is 32.2. The molecule has 0 spiro atoms. The second-order valence-corrected chi connectivity index (χ2v) is 10.4. The number of aryl methyl sites for hydroxylation is 1. The molecule has 0 saturated carbocycles. The number of carboxylic acids is 1. The number of fused-ring (bicyclic) bond motifs is 2. The Bertz CT molecular complexity index is 1300. The summed E-state index contributed by atoms with van der Waals surface area (Å²) >= 11 is 2.53. The van der Waals surface area contributed by atoms with Crippen LogP contribution in [0.15, 0.2) is 28.0 Å². The second kappa shape index (κ2) is 9.00. The molecule has 0 radical (unpaired) electrons. The van der Waals surface area contributed by atoms with Crippen LogP contribution in [0, 0.1) is 0 Å². The number of carbonyl (C=O) groups is 3. The van der Waals surface area contributed by atoms with Gasteiger partial charge in [0.15, 0.2) is 23.6 Å². The molecule has 184 valence electrons. The number of carboxylic acid groups (broad SMARTS) is 1. The summed E-state index contributed by atoms with van der Waals surface area (Å²) in [6.07, 6.45) is 5.16. The number of anilines is 1. The van der Waals surface area contributed by atoms with Crippen LogP contribution in [0.3, 0.4) is 0 Å². The highest BCUT2D eigenvalue weighted by molar-refractivity contribution is 8.00. The fraction of sp³-hybridized carbons (Fsp3) is 0.429. The number of nitrogens with two attached hydrogens (primary N) is 1. The maximum atomic E-state index is 13.0. The predicted octanol–water partition coefficient (Wildman–Crippen LogP) is -1.71. The normalized spacial score (nSPS) is 21.5. The van der Waals surface area contributed by atoms with Gasteiger partial charge in [-0.3, -0.25) is 14.5 Å². The number of β-lactam (4-membered cyclic amide) rings is 1. The molecule has 3 N–H and O–H groups in total. The fourth-order valence-electron chi connectivity index (χ4n) is 4.72. The van der Waals surface area contributed by atoms with E-state index < -0.39 is 29.2 Å². The molecule has 1 aliphatic carbocycles. The molecule has 2 aromatic rings. The molecule has 2 aliphatic heterocycles. The number of hydrogen-bond donors (Lipinski definition) is 2. The lowest BCUT2D eigenvalue weighted by atomic mass is 10.0. The molecular weight excluding hydrogens is 494 g/mol. The molecule has 5 rings (SSSR count). The van der Waals surface area contributed by atoms with Gasteiger partial charge in [-0.05, 0) is 19.3 Å². The van der Waals surface area contributed by atoms with Crippen LogP contribution >= 0.6 is 23.1 Å². The summed E-state index contributed by atoms with van der Waals surface area (Å²) in [4.78, 5) is 48.0. The van der Waals surface area contributed by atoms with Crippen molar-refractivity contribution in [3.05, 3.63) is 39.8 Å². The zero-order valence-electron chi connectivity index (χ0n) is 19.0. The van der Waals surface area contributed by atoms with E-state index in [0.29, 0.717) is 17.9 Å². The molecule has 0 aromatic carbocycles. The van der Waals surface area contributed by atoms with E-state index in [1.54, 1.807) is 5.38 Å². The van der Waals surface area contributed by atoms with Crippen molar-refractivity contribution in [2.24, 2.45) is 12.2 Å². The molecular formula is C21H23N7O5S2. The van der Waals surface area contributed by atoms with Crippen LogP contribution in [0.4, 0.5) is 5.13 Å². The summed E-state index contributed by atoms with van der Waals surface area (Å²) in [5.74, 6) is -2.23. The van der Waals surface area contributed by atoms with Gasteiger partial charge in [0.25, 0.3) is 11.8 Å². The standard InChI is InChI=1S/C21H23N7O5S2/c1-26-13-5-3-4-10(13)6-27(26)7-11-8-34-19-15(18(30)28(19)16(11)20(31)32)24-17(29)14(25-33-2)12-9-35-21(22)23-12/h6,9,15,19H,3-5,7-8H2,1-2H3,(H3-,22,23,24,29,31,32)/t15?,19-/m1/s1. The van der Waals surface area contributed by atoms with Crippen LogP contribution in [0.2, 0.25) is 0 Å². The van der Waals surface area contributed by atoms with Gasteiger partial charge < -0.3 is 25.8 Å². The number of nitrogens with one attached hydrogen (secondary N) is 1. The summed E-state index contributed by atoms with van der Waals surface area (Å²) in [7, 11) is 3.24. The number of rotatable bonds is 7. The number of thiazole rings is 1. The maximum Gasteiger partial charge on any atom is 0.276 e. The molecule has 2 aromatic heterocycles. The highest BCUT2D eigenvalue weighted by Crippen LogP contribution is 2.40. The Hall–Kier alpha value is -3.39. The smallest absolute Gasteiger partial charge is 0.276 e. The third kappa shape index (κ3) is 3.95. The Morgan fingerprint density at radius 3 is 2.89 bits per heavy atom. The molecule has 3 aliphatic rings. The zero-order valence-corrected chi connectivity index (χ0v) is 20.6. The molecule has 2 amide bonds. The van der Waals surface area contributed by atoms with Crippen LogP contribution in [-0.4, -0.2) is 62.3 Å². The van der Waals surface area contributed by atoms with Crippen molar-refractivity contribution in [1.29, 1.82) is 0 Å². The quantitative estimate of drug-likeness (QED) is 0.190. The van der Waals surface area contributed by atoms with Crippen molar-refractivity contribution < 1.29 is 29.0 Å². The molecule has 2 atom stereocenters. The summed E-state index contributed by atoms with van der Waals surface area (Å²) in [5.41, 5.74) is 8.72. The van der Waals surface area contributed by atoms with Crippen LogP contribution in [0.5, 0.6) is 0 Å². The van der Waals surface area contributed by atoms with Crippen LogP contribution in [-0.2, 0) is 45.7 Å².